The number of halogens is 4. The van der Waals surface area contributed by atoms with Crippen molar-refractivity contribution in [1.82, 2.24) is 0 Å². The van der Waals surface area contributed by atoms with Crippen LogP contribution in [-0.2, 0) is 11.0 Å². The zero-order valence-corrected chi connectivity index (χ0v) is 8.69. The number of rotatable bonds is 2. The molecule has 0 saturated carbocycles. The first-order valence-corrected chi connectivity index (χ1v) is 4.52. The van der Waals surface area contributed by atoms with Crippen molar-refractivity contribution in [1.29, 1.82) is 0 Å². The van der Waals surface area contributed by atoms with Crippen LogP contribution >= 0.6 is 11.6 Å². The first kappa shape index (κ1) is 12.6. The van der Waals surface area contributed by atoms with Crippen molar-refractivity contribution in [2.45, 2.75) is 6.18 Å². The number of benzene rings is 1. The summed E-state index contributed by atoms with van der Waals surface area (Å²) in [6.07, 6.45) is -3.59. The van der Waals surface area contributed by atoms with Crippen LogP contribution < -0.4 is 5.32 Å². The third-order valence-electron chi connectivity index (χ3n) is 1.72. The van der Waals surface area contributed by atoms with Gasteiger partial charge in [0.2, 0.25) is 5.91 Å². The number of amides is 1. The zero-order chi connectivity index (χ0) is 12.3. The van der Waals surface area contributed by atoms with Crippen LogP contribution in [0.1, 0.15) is 5.56 Å². The average molecular weight is 250 g/mol. The molecule has 2 nitrogen and oxygen atoms in total. The minimum absolute atomic E-state index is 0.0154. The van der Waals surface area contributed by atoms with Crippen LogP contribution in [-0.4, -0.2) is 5.91 Å². The second-order valence-corrected chi connectivity index (χ2v) is 3.29. The van der Waals surface area contributed by atoms with Crippen LogP contribution in [0.5, 0.6) is 0 Å². The lowest BCUT2D eigenvalue weighted by molar-refractivity contribution is -0.137. The van der Waals surface area contributed by atoms with E-state index in [0.29, 0.717) is 0 Å². The van der Waals surface area contributed by atoms with Crippen molar-refractivity contribution in [3.63, 3.8) is 0 Å². The Bertz CT molecular complexity index is 429. The highest BCUT2D eigenvalue weighted by molar-refractivity contribution is 6.31. The van der Waals surface area contributed by atoms with Gasteiger partial charge in [0.25, 0.3) is 0 Å². The Kier molecular flexibility index (Phi) is 3.59. The molecule has 1 rings (SSSR count). The normalized spacial score (nSPS) is 11.0. The fraction of sp³-hybridized carbons (Fsp3) is 0.100. The average Bonchev–Trinajstić information content (AvgIpc) is 2.19. The molecule has 0 heterocycles. The Morgan fingerprint density at radius 1 is 1.44 bits per heavy atom. The quantitative estimate of drug-likeness (QED) is 0.799. The summed E-state index contributed by atoms with van der Waals surface area (Å²) in [5.74, 6) is -0.588. The number of hydrogen-bond acceptors (Lipinski definition) is 1. The summed E-state index contributed by atoms with van der Waals surface area (Å²) in [5.41, 5.74) is -0.974. The van der Waals surface area contributed by atoms with E-state index in [1.54, 1.807) is 0 Å². The maximum Gasteiger partial charge on any atom is 0.417 e. The lowest BCUT2D eigenvalue weighted by atomic mass is 10.2. The van der Waals surface area contributed by atoms with E-state index in [2.05, 4.69) is 11.9 Å². The molecule has 0 radical (unpaired) electrons. The Hall–Kier alpha value is -1.49. The van der Waals surface area contributed by atoms with Gasteiger partial charge in [-0.25, -0.2) is 0 Å². The molecule has 1 aromatic carbocycles. The molecule has 1 N–H and O–H groups in total. The van der Waals surface area contributed by atoms with Crippen LogP contribution in [0, 0.1) is 0 Å². The lowest BCUT2D eigenvalue weighted by Crippen LogP contribution is -2.10. The Morgan fingerprint density at radius 2 is 2.06 bits per heavy atom. The molecule has 0 atom stereocenters. The molecule has 0 aliphatic rings. The highest BCUT2D eigenvalue weighted by Crippen LogP contribution is 2.36. The molecule has 0 fully saturated rings. The van der Waals surface area contributed by atoms with Gasteiger partial charge in [-0.2, -0.15) is 13.2 Å². The maximum atomic E-state index is 12.4. The number of alkyl halides is 3. The summed E-state index contributed by atoms with van der Waals surface area (Å²) in [4.78, 5) is 10.9. The molecule has 0 unspecified atom stereocenters. The third kappa shape index (κ3) is 3.00. The number of nitrogens with one attached hydrogen (secondary N) is 1. The Morgan fingerprint density at radius 3 is 2.56 bits per heavy atom. The molecule has 1 aromatic rings. The smallest absolute Gasteiger partial charge is 0.323 e. The fourth-order valence-electron chi connectivity index (χ4n) is 1.01. The molecule has 0 bridgehead atoms. The van der Waals surface area contributed by atoms with Crippen molar-refractivity contribution >= 4 is 23.2 Å². The first-order chi connectivity index (χ1) is 7.34. The van der Waals surface area contributed by atoms with E-state index in [-0.39, 0.29) is 5.69 Å². The summed E-state index contributed by atoms with van der Waals surface area (Å²) in [6, 6.07) is 3.12. The van der Waals surface area contributed by atoms with E-state index in [1.807, 2.05) is 0 Å². The molecule has 0 aromatic heterocycles. The summed E-state index contributed by atoms with van der Waals surface area (Å²) >= 11 is 5.40. The van der Waals surface area contributed by atoms with Crippen molar-refractivity contribution < 1.29 is 18.0 Å². The van der Waals surface area contributed by atoms with Crippen LogP contribution in [0.15, 0.2) is 30.9 Å². The van der Waals surface area contributed by atoms with Gasteiger partial charge in [0, 0.05) is 5.69 Å². The number of carbonyl (C=O) groups is 1. The third-order valence-corrected chi connectivity index (χ3v) is 2.05. The van der Waals surface area contributed by atoms with Crippen molar-refractivity contribution in [3.8, 4) is 0 Å². The summed E-state index contributed by atoms with van der Waals surface area (Å²) in [5, 5.41) is 1.80. The van der Waals surface area contributed by atoms with Crippen molar-refractivity contribution in [2.24, 2.45) is 0 Å². The molecular weight excluding hydrogens is 243 g/mol. The second kappa shape index (κ2) is 4.57. The number of anilines is 1. The topological polar surface area (TPSA) is 29.1 Å². The second-order valence-electron chi connectivity index (χ2n) is 2.89. The van der Waals surface area contributed by atoms with Crippen LogP contribution in [0.3, 0.4) is 0 Å². The van der Waals surface area contributed by atoms with Gasteiger partial charge in [0.05, 0.1) is 10.6 Å². The van der Waals surface area contributed by atoms with Gasteiger partial charge < -0.3 is 5.32 Å². The molecule has 0 spiro atoms. The van der Waals surface area contributed by atoms with Gasteiger partial charge in [-0.1, -0.05) is 18.2 Å². The molecule has 0 saturated heterocycles. The fourth-order valence-corrected chi connectivity index (χ4v) is 1.24. The van der Waals surface area contributed by atoms with E-state index in [1.165, 1.54) is 6.07 Å². The molecule has 16 heavy (non-hydrogen) atoms. The maximum absolute atomic E-state index is 12.4. The van der Waals surface area contributed by atoms with Gasteiger partial charge in [0.1, 0.15) is 0 Å². The van der Waals surface area contributed by atoms with Gasteiger partial charge >= 0.3 is 6.18 Å². The van der Waals surface area contributed by atoms with Crippen LogP contribution in [0.4, 0.5) is 18.9 Å². The highest BCUT2D eigenvalue weighted by Gasteiger charge is 2.33. The number of hydrogen-bond donors (Lipinski definition) is 1. The van der Waals surface area contributed by atoms with Gasteiger partial charge in [-0.15, -0.1) is 0 Å². The monoisotopic (exact) mass is 249 g/mol. The molecule has 0 aliphatic heterocycles. The summed E-state index contributed by atoms with van der Waals surface area (Å²) in [6.45, 7) is 3.19. The Labute approximate surface area is 94.7 Å². The van der Waals surface area contributed by atoms with Gasteiger partial charge in [-0.3, -0.25) is 4.79 Å². The molecule has 0 aliphatic carbocycles. The van der Waals surface area contributed by atoms with E-state index >= 15 is 0 Å². The number of carbonyl (C=O) groups excluding carboxylic acids is 1. The van der Waals surface area contributed by atoms with E-state index < -0.39 is 22.7 Å². The van der Waals surface area contributed by atoms with Crippen molar-refractivity contribution in [2.75, 3.05) is 5.32 Å². The van der Waals surface area contributed by atoms with E-state index in [4.69, 9.17) is 11.6 Å². The minimum atomic E-state index is -4.55. The molecule has 1 amide bonds. The van der Waals surface area contributed by atoms with Crippen LogP contribution in [0.25, 0.3) is 0 Å². The predicted octanol–water partition coefficient (Wildman–Crippen LogP) is 3.48. The Balaban J connectivity index is 3.08. The SMILES string of the molecule is C=CC(=O)Nc1ccc(Cl)c(C(F)(F)F)c1. The van der Waals surface area contributed by atoms with E-state index in [0.717, 1.165) is 18.2 Å². The molecular formula is C10H7ClF3NO. The standard InChI is InChI=1S/C10H7ClF3NO/c1-2-9(16)15-6-3-4-8(11)7(5-6)10(12,13)14/h2-5H,1H2,(H,15,16). The van der Waals surface area contributed by atoms with Gasteiger partial charge in [0.15, 0.2) is 0 Å². The first-order valence-electron chi connectivity index (χ1n) is 4.15. The molecule has 6 heteroatoms. The van der Waals surface area contributed by atoms with Crippen molar-refractivity contribution in [3.05, 3.63) is 41.4 Å². The largest absolute Gasteiger partial charge is 0.417 e. The summed E-state index contributed by atoms with van der Waals surface area (Å²) in [7, 11) is 0. The predicted molar refractivity (Wildman–Crippen MR) is 55.3 cm³/mol. The lowest BCUT2D eigenvalue weighted by Gasteiger charge is -2.10. The zero-order valence-electron chi connectivity index (χ0n) is 7.94. The van der Waals surface area contributed by atoms with Gasteiger partial charge in [-0.05, 0) is 24.3 Å². The highest BCUT2D eigenvalue weighted by atomic mass is 35.5. The molecule has 86 valence electrons. The summed E-state index contributed by atoms with van der Waals surface area (Å²) < 4.78 is 37.3. The minimum Gasteiger partial charge on any atom is -0.323 e. The van der Waals surface area contributed by atoms with E-state index in [9.17, 15) is 18.0 Å². The van der Waals surface area contributed by atoms with Crippen LogP contribution in [0.2, 0.25) is 5.02 Å².